The maximum Gasteiger partial charge on any atom is 0.337 e. The largest absolute Gasteiger partial charge is 0.468 e. The minimum absolute atomic E-state index is 0.197. The highest BCUT2D eigenvalue weighted by atomic mass is 19.1. The number of esters is 2. The zero-order chi connectivity index (χ0) is 24.4. The first-order valence-electron chi connectivity index (χ1n) is 12.1. The predicted molar refractivity (Wildman–Crippen MR) is 124 cm³/mol. The lowest BCUT2D eigenvalue weighted by Crippen LogP contribution is -2.43. The second-order valence-corrected chi connectivity index (χ2v) is 9.58. The van der Waals surface area contributed by atoms with Crippen LogP contribution in [0.1, 0.15) is 70.3 Å². The van der Waals surface area contributed by atoms with E-state index in [4.69, 9.17) is 9.47 Å². The molecule has 1 heterocycles. The van der Waals surface area contributed by atoms with Gasteiger partial charge in [-0.1, -0.05) is 38.0 Å². The van der Waals surface area contributed by atoms with Crippen LogP contribution in [0.2, 0.25) is 0 Å². The summed E-state index contributed by atoms with van der Waals surface area (Å²) in [5.74, 6) is -4.37. The van der Waals surface area contributed by atoms with Crippen molar-refractivity contribution >= 4 is 17.7 Å². The molecule has 1 fully saturated rings. The van der Waals surface area contributed by atoms with Crippen LogP contribution in [0.3, 0.4) is 0 Å². The molecule has 182 valence electrons. The Morgan fingerprint density at radius 3 is 2.41 bits per heavy atom. The molecule has 1 aromatic carbocycles. The molecule has 7 heteroatoms. The second-order valence-electron chi connectivity index (χ2n) is 9.58. The van der Waals surface area contributed by atoms with E-state index in [1.54, 1.807) is 25.1 Å². The molecule has 0 amide bonds. The van der Waals surface area contributed by atoms with Gasteiger partial charge >= 0.3 is 11.9 Å². The zero-order valence-electron chi connectivity index (χ0n) is 20.0. The molecule has 0 saturated heterocycles. The van der Waals surface area contributed by atoms with Gasteiger partial charge in [-0.2, -0.15) is 0 Å². The average molecular weight is 470 g/mol. The van der Waals surface area contributed by atoms with E-state index in [2.05, 4.69) is 5.32 Å². The lowest BCUT2D eigenvalue weighted by Gasteiger charge is -2.38. The number of Topliss-reactive ketones (excluding diaryl/α,β-unsaturated/α-hetero) is 1. The van der Waals surface area contributed by atoms with Gasteiger partial charge in [0.15, 0.2) is 5.78 Å². The van der Waals surface area contributed by atoms with E-state index in [1.807, 2.05) is 6.92 Å². The number of methoxy groups -OCH3 is 1. The molecule has 1 aliphatic heterocycles. The molecule has 0 spiro atoms. The minimum Gasteiger partial charge on any atom is -0.468 e. The maximum atomic E-state index is 15.1. The van der Waals surface area contributed by atoms with Crippen molar-refractivity contribution < 1.29 is 28.2 Å². The van der Waals surface area contributed by atoms with Gasteiger partial charge in [0.05, 0.1) is 18.6 Å². The highest BCUT2D eigenvalue weighted by molar-refractivity contribution is 6.12. The van der Waals surface area contributed by atoms with Gasteiger partial charge in [-0.05, 0) is 51.0 Å². The van der Waals surface area contributed by atoms with E-state index >= 15 is 4.39 Å². The Morgan fingerprint density at radius 2 is 1.76 bits per heavy atom. The molecular formula is C27H32FNO5. The number of halogens is 1. The maximum absolute atomic E-state index is 15.1. The molecule has 0 bridgehead atoms. The van der Waals surface area contributed by atoms with Gasteiger partial charge in [-0.15, -0.1) is 0 Å². The number of dihydropyridines is 1. The van der Waals surface area contributed by atoms with Crippen molar-refractivity contribution in [3.05, 3.63) is 58.2 Å². The van der Waals surface area contributed by atoms with Crippen molar-refractivity contribution in [2.45, 2.75) is 70.8 Å². The van der Waals surface area contributed by atoms with Crippen LogP contribution in [0.25, 0.3) is 0 Å². The average Bonchev–Trinajstić information content (AvgIpc) is 3.06. The van der Waals surface area contributed by atoms with Crippen LogP contribution < -0.4 is 5.32 Å². The lowest BCUT2D eigenvalue weighted by molar-refractivity contribution is -0.151. The summed E-state index contributed by atoms with van der Waals surface area (Å²) in [7, 11) is 1.25. The molecule has 1 N–H and O–H groups in total. The number of allylic oxidation sites excluding steroid dienone is 3. The summed E-state index contributed by atoms with van der Waals surface area (Å²) in [4.78, 5) is 39.7. The van der Waals surface area contributed by atoms with Crippen molar-refractivity contribution in [2.24, 2.45) is 11.8 Å². The number of carbonyl (C=O) groups excluding carboxylic acids is 3. The van der Waals surface area contributed by atoms with Gasteiger partial charge < -0.3 is 14.8 Å². The Bertz CT molecular complexity index is 1050. The Balaban J connectivity index is 1.78. The van der Waals surface area contributed by atoms with Crippen molar-refractivity contribution in [1.29, 1.82) is 0 Å². The smallest absolute Gasteiger partial charge is 0.337 e. The van der Waals surface area contributed by atoms with Crippen molar-refractivity contribution in [2.75, 3.05) is 7.11 Å². The monoisotopic (exact) mass is 469 g/mol. The predicted octanol–water partition coefficient (Wildman–Crippen LogP) is 4.70. The van der Waals surface area contributed by atoms with E-state index in [0.717, 1.165) is 38.5 Å². The summed E-state index contributed by atoms with van der Waals surface area (Å²) in [6.07, 6.45) is 6.04. The summed E-state index contributed by atoms with van der Waals surface area (Å²) >= 11 is 0. The van der Waals surface area contributed by atoms with E-state index in [-0.39, 0.29) is 28.7 Å². The number of benzene rings is 1. The van der Waals surface area contributed by atoms with E-state index in [9.17, 15) is 14.4 Å². The molecule has 4 rings (SSSR count). The number of carbonyl (C=O) groups is 3. The highest BCUT2D eigenvalue weighted by Gasteiger charge is 2.48. The molecule has 1 saturated carbocycles. The first-order valence-corrected chi connectivity index (χ1v) is 12.1. The third-order valence-electron chi connectivity index (χ3n) is 7.26. The molecule has 0 aromatic heterocycles. The third-order valence-corrected chi connectivity index (χ3v) is 7.26. The normalized spacial score (nSPS) is 25.9. The number of ether oxygens (including phenoxy) is 2. The van der Waals surface area contributed by atoms with Crippen LogP contribution in [0.4, 0.5) is 4.39 Å². The Labute approximate surface area is 199 Å². The zero-order valence-corrected chi connectivity index (χ0v) is 20.0. The fraction of sp³-hybridized carbons (Fsp3) is 0.519. The van der Waals surface area contributed by atoms with Gasteiger partial charge in [0.2, 0.25) is 0 Å². The van der Waals surface area contributed by atoms with Crippen molar-refractivity contribution in [3.63, 3.8) is 0 Å². The van der Waals surface area contributed by atoms with Crippen LogP contribution >= 0.6 is 0 Å². The third kappa shape index (κ3) is 4.52. The fourth-order valence-corrected chi connectivity index (χ4v) is 5.55. The highest BCUT2D eigenvalue weighted by Crippen LogP contribution is 2.46. The minimum atomic E-state index is -1.00. The van der Waals surface area contributed by atoms with E-state index < -0.39 is 35.4 Å². The van der Waals surface area contributed by atoms with Crippen LogP contribution in [-0.2, 0) is 23.9 Å². The fourth-order valence-electron chi connectivity index (χ4n) is 5.55. The molecule has 3 unspecified atom stereocenters. The summed E-state index contributed by atoms with van der Waals surface area (Å²) < 4.78 is 25.9. The SMILES string of the molecule is COC(=O)C1C(=O)C2=C(CC1C)NC(C)=C(C(=O)OC1CCCCCC1)C2c1ccccc1F. The Morgan fingerprint density at radius 1 is 1.09 bits per heavy atom. The van der Waals surface area contributed by atoms with E-state index in [0.29, 0.717) is 17.8 Å². The van der Waals surface area contributed by atoms with Crippen LogP contribution in [0, 0.1) is 17.7 Å². The lowest BCUT2D eigenvalue weighted by atomic mass is 9.69. The van der Waals surface area contributed by atoms with E-state index in [1.165, 1.54) is 13.2 Å². The molecule has 0 radical (unpaired) electrons. The van der Waals surface area contributed by atoms with Gasteiger partial charge in [-0.25, -0.2) is 9.18 Å². The van der Waals surface area contributed by atoms with Gasteiger partial charge in [-0.3, -0.25) is 9.59 Å². The summed E-state index contributed by atoms with van der Waals surface area (Å²) in [5, 5.41) is 3.22. The number of hydrogen-bond donors (Lipinski definition) is 1. The number of rotatable bonds is 4. The molecule has 6 nitrogen and oxygen atoms in total. The van der Waals surface area contributed by atoms with Crippen molar-refractivity contribution in [1.82, 2.24) is 5.32 Å². The first-order chi connectivity index (χ1) is 16.3. The number of ketones is 1. The van der Waals surface area contributed by atoms with Crippen LogP contribution in [0.5, 0.6) is 0 Å². The van der Waals surface area contributed by atoms with Crippen molar-refractivity contribution in [3.8, 4) is 0 Å². The molecule has 3 aliphatic rings. The molecule has 34 heavy (non-hydrogen) atoms. The second kappa shape index (κ2) is 10.1. The Hall–Kier alpha value is -2.96. The topological polar surface area (TPSA) is 81.7 Å². The quantitative estimate of drug-likeness (QED) is 0.391. The molecule has 2 aliphatic carbocycles. The molecular weight excluding hydrogens is 437 g/mol. The van der Waals surface area contributed by atoms with Crippen LogP contribution in [-0.4, -0.2) is 30.9 Å². The van der Waals surface area contributed by atoms with Crippen LogP contribution in [0.15, 0.2) is 46.8 Å². The number of nitrogens with one attached hydrogen (secondary N) is 1. The molecule has 1 aromatic rings. The summed E-state index contributed by atoms with van der Waals surface area (Å²) in [6, 6.07) is 6.14. The first kappa shape index (κ1) is 24.2. The van der Waals surface area contributed by atoms with Gasteiger partial charge in [0, 0.05) is 22.5 Å². The Kier molecular flexibility index (Phi) is 7.19. The molecule has 3 atom stereocenters. The number of hydrogen-bond acceptors (Lipinski definition) is 6. The van der Waals surface area contributed by atoms with Gasteiger partial charge in [0.1, 0.15) is 17.8 Å². The van der Waals surface area contributed by atoms with Gasteiger partial charge in [0.25, 0.3) is 0 Å². The standard InChI is InChI=1S/C27H32FNO5/c1-15-14-20-24(25(30)21(15)26(31)33-3)23(18-12-8-9-13-19(18)28)22(16(2)29-20)27(32)34-17-10-6-4-5-7-11-17/h8-9,12-13,15,17,21,23,29H,4-7,10-11,14H2,1-3H3. The summed E-state index contributed by atoms with van der Waals surface area (Å²) in [6.45, 7) is 3.57. The summed E-state index contributed by atoms with van der Waals surface area (Å²) in [5.41, 5.74) is 1.85.